The van der Waals surface area contributed by atoms with Crippen LogP contribution in [0.25, 0.3) is 0 Å². The molecule has 0 aliphatic rings. The number of carbonyl (C=O) groups is 1. The van der Waals surface area contributed by atoms with Crippen molar-refractivity contribution in [2.24, 2.45) is 0 Å². The molecule has 0 saturated heterocycles. The monoisotopic (exact) mass is 238 g/mol. The molecule has 0 amide bonds. The van der Waals surface area contributed by atoms with Crippen LogP contribution in [-0.2, 0) is 10.2 Å². The van der Waals surface area contributed by atoms with E-state index >= 15 is 0 Å². The number of aliphatic carboxylic acids is 1. The second-order valence-corrected chi connectivity index (χ2v) is 5.24. The molecule has 1 rings (SSSR count). The highest BCUT2D eigenvalue weighted by Crippen LogP contribution is 2.36. The Labute approximate surface area is 101 Å². The van der Waals surface area contributed by atoms with Crippen LogP contribution in [0.15, 0.2) is 12.1 Å². The van der Waals surface area contributed by atoms with Gasteiger partial charge in [0.2, 0.25) is 0 Å². The van der Waals surface area contributed by atoms with Gasteiger partial charge in [0.1, 0.15) is 5.75 Å². The minimum absolute atomic E-state index is 0.0439. The predicted molar refractivity (Wildman–Crippen MR) is 64.1 cm³/mol. The van der Waals surface area contributed by atoms with Gasteiger partial charge >= 0.3 is 5.97 Å². The Kier molecular flexibility index (Phi) is 3.48. The summed E-state index contributed by atoms with van der Waals surface area (Å²) >= 11 is 0. The van der Waals surface area contributed by atoms with Crippen molar-refractivity contribution in [2.75, 3.05) is 0 Å². The van der Waals surface area contributed by atoms with Gasteiger partial charge < -0.3 is 15.3 Å². The summed E-state index contributed by atoms with van der Waals surface area (Å²) in [5.41, 5.74) is 1.17. The smallest absolute Gasteiger partial charge is 0.337 e. The molecule has 1 unspecified atom stereocenters. The lowest BCUT2D eigenvalue weighted by Gasteiger charge is -2.23. The highest BCUT2D eigenvalue weighted by molar-refractivity contribution is 5.75. The SMILES string of the molecule is Cc1cc(C(O)C(=O)O)c(O)c(C(C)(C)C)c1. The van der Waals surface area contributed by atoms with Crippen molar-refractivity contribution < 1.29 is 20.1 Å². The van der Waals surface area contributed by atoms with E-state index in [2.05, 4.69) is 0 Å². The molecule has 0 bridgehead atoms. The molecule has 0 fully saturated rings. The van der Waals surface area contributed by atoms with E-state index in [0.717, 1.165) is 5.56 Å². The zero-order valence-electron chi connectivity index (χ0n) is 10.5. The molecule has 0 aliphatic heterocycles. The van der Waals surface area contributed by atoms with E-state index in [1.54, 1.807) is 13.0 Å². The molecule has 17 heavy (non-hydrogen) atoms. The maximum absolute atomic E-state index is 10.8. The maximum Gasteiger partial charge on any atom is 0.337 e. The van der Waals surface area contributed by atoms with Crippen LogP contribution < -0.4 is 0 Å². The standard InChI is InChI=1S/C13H18O4/c1-7-5-8(11(15)12(16)17)10(14)9(6-7)13(2,3)4/h5-6,11,14-15H,1-4H3,(H,16,17). The highest BCUT2D eigenvalue weighted by Gasteiger charge is 2.26. The molecule has 0 aromatic heterocycles. The van der Waals surface area contributed by atoms with Gasteiger partial charge in [-0.25, -0.2) is 4.79 Å². The van der Waals surface area contributed by atoms with Crippen LogP contribution in [0.5, 0.6) is 5.75 Å². The number of rotatable bonds is 2. The van der Waals surface area contributed by atoms with Crippen LogP contribution in [-0.4, -0.2) is 21.3 Å². The first kappa shape index (κ1) is 13.5. The fraction of sp³-hybridized carbons (Fsp3) is 0.462. The minimum Gasteiger partial charge on any atom is -0.507 e. The quantitative estimate of drug-likeness (QED) is 0.737. The van der Waals surface area contributed by atoms with Crippen LogP contribution in [0.2, 0.25) is 0 Å². The van der Waals surface area contributed by atoms with Gasteiger partial charge in [0, 0.05) is 5.56 Å². The third-order valence-electron chi connectivity index (χ3n) is 2.62. The number of aliphatic hydroxyl groups excluding tert-OH is 1. The molecular weight excluding hydrogens is 220 g/mol. The molecule has 94 valence electrons. The van der Waals surface area contributed by atoms with Gasteiger partial charge in [0.25, 0.3) is 0 Å². The molecule has 4 heteroatoms. The second kappa shape index (κ2) is 4.37. The van der Waals surface area contributed by atoms with Crippen LogP contribution in [0.4, 0.5) is 0 Å². The van der Waals surface area contributed by atoms with Crippen molar-refractivity contribution >= 4 is 5.97 Å². The van der Waals surface area contributed by atoms with E-state index in [4.69, 9.17) is 5.11 Å². The number of phenols is 1. The first-order valence-corrected chi connectivity index (χ1v) is 5.39. The normalized spacial score (nSPS) is 13.5. The topological polar surface area (TPSA) is 77.8 Å². The van der Waals surface area contributed by atoms with Gasteiger partial charge in [-0.2, -0.15) is 0 Å². The van der Waals surface area contributed by atoms with Gasteiger partial charge in [-0.3, -0.25) is 0 Å². The predicted octanol–water partition coefficient (Wildman–Crippen LogP) is 2.12. The summed E-state index contributed by atoms with van der Waals surface area (Å²) in [6.07, 6.45) is -1.70. The Morgan fingerprint density at radius 2 is 1.82 bits per heavy atom. The molecule has 0 aliphatic carbocycles. The van der Waals surface area contributed by atoms with Crippen molar-refractivity contribution in [3.05, 3.63) is 28.8 Å². The minimum atomic E-state index is -1.70. The first-order chi connectivity index (χ1) is 7.64. The molecule has 3 N–H and O–H groups in total. The molecular formula is C13H18O4. The zero-order valence-corrected chi connectivity index (χ0v) is 10.5. The molecule has 0 saturated carbocycles. The lowest BCUT2D eigenvalue weighted by Crippen LogP contribution is -2.16. The lowest BCUT2D eigenvalue weighted by atomic mass is 9.83. The summed E-state index contributed by atoms with van der Waals surface area (Å²) in [5.74, 6) is -1.51. The fourth-order valence-electron chi connectivity index (χ4n) is 1.72. The number of aromatic hydroxyl groups is 1. The Balaban J connectivity index is 3.44. The van der Waals surface area contributed by atoms with E-state index in [9.17, 15) is 15.0 Å². The molecule has 0 radical (unpaired) electrons. The molecule has 1 atom stereocenters. The molecule has 1 aromatic carbocycles. The summed E-state index contributed by atoms with van der Waals surface area (Å²) in [6, 6.07) is 3.29. The summed E-state index contributed by atoms with van der Waals surface area (Å²) in [5, 5.41) is 28.4. The molecule has 4 nitrogen and oxygen atoms in total. The third kappa shape index (κ3) is 2.77. The number of benzene rings is 1. The Bertz CT molecular complexity index is 443. The van der Waals surface area contributed by atoms with Gasteiger partial charge in [0.05, 0.1) is 0 Å². The van der Waals surface area contributed by atoms with Crippen LogP contribution >= 0.6 is 0 Å². The number of phenolic OH excluding ortho intramolecular Hbond substituents is 1. The number of hydrogen-bond acceptors (Lipinski definition) is 3. The van der Waals surface area contributed by atoms with Gasteiger partial charge in [-0.1, -0.05) is 32.4 Å². The second-order valence-electron chi connectivity index (χ2n) is 5.24. The van der Waals surface area contributed by atoms with E-state index < -0.39 is 12.1 Å². The van der Waals surface area contributed by atoms with Gasteiger partial charge in [-0.05, 0) is 24.0 Å². The van der Waals surface area contributed by atoms with E-state index in [1.807, 2.05) is 20.8 Å². The number of carboxylic acid groups (broad SMARTS) is 1. The van der Waals surface area contributed by atoms with E-state index in [0.29, 0.717) is 5.56 Å². The van der Waals surface area contributed by atoms with Crippen molar-refractivity contribution in [1.82, 2.24) is 0 Å². The summed E-state index contributed by atoms with van der Waals surface area (Å²) in [4.78, 5) is 10.8. The largest absolute Gasteiger partial charge is 0.507 e. The van der Waals surface area contributed by atoms with E-state index in [1.165, 1.54) is 6.07 Å². The van der Waals surface area contributed by atoms with Crippen LogP contribution in [0.1, 0.15) is 43.6 Å². The van der Waals surface area contributed by atoms with Crippen LogP contribution in [0, 0.1) is 6.92 Å². The lowest BCUT2D eigenvalue weighted by molar-refractivity contribution is -0.147. The number of aliphatic hydroxyl groups is 1. The number of aryl methyl sites for hydroxylation is 1. The fourth-order valence-corrected chi connectivity index (χ4v) is 1.72. The molecule has 0 heterocycles. The third-order valence-corrected chi connectivity index (χ3v) is 2.62. The summed E-state index contributed by atoms with van der Waals surface area (Å²) in [6.45, 7) is 7.54. The number of hydrogen-bond donors (Lipinski definition) is 3. The van der Waals surface area contributed by atoms with Crippen molar-refractivity contribution in [1.29, 1.82) is 0 Å². The highest BCUT2D eigenvalue weighted by atomic mass is 16.4. The van der Waals surface area contributed by atoms with Gasteiger partial charge in [-0.15, -0.1) is 0 Å². The maximum atomic E-state index is 10.8. The Morgan fingerprint density at radius 1 is 1.29 bits per heavy atom. The van der Waals surface area contributed by atoms with Crippen molar-refractivity contribution in [3.63, 3.8) is 0 Å². The average Bonchev–Trinajstić information content (AvgIpc) is 2.18. The Morgan fingerprint density at radius 3 is 2.24 bits per heavy atom. The van der Waals surface area contributed by atoms with Gasteiger partial charge in [0.15, 0.2) is 6.10 Å². The van der Waals surface area contributed by atoms with Crippen molar-refractivity contribution in [2.45, 2.75) is 39.2 Å². The average molecular weight is 238 g/mol. The van der Waals surface area contributed by atoms with E-state index in [-0.39, 0.29) is 16.7 Å². The summed E-state index contributed by atoms with van der Waals surface area (Å²) < 4.78 is 0. The molecule has 0 spiro atoms. The Hall–Kier alpha value is -1.55. The summed E-state index contributed by atoms with van der Waals surface area (Å²) in [7, 11) is 0. The van der Waals surface area contributed by atoms with Crippen molar-refractivity contribution in [3.8, 4) is 5.75 Å². The van der Waals surface area contributed by atoms with Crippen LogP contribution in [0.3, 0.4) is 0 Å². The first-order valence-electron chi connectivity index (χ1n) is 5.39. The zero-order chi connectivity index (χ0) is 13.4. The molecule has 1 aromatic rings. The number of carboxylic acids is 1.